The molecule has 13 heteroatoms. The molecular weight excluding hydrogens is 520 g/mol. The van der Waals surface area contributed by atoms with E-state index in [1.807, 2.05) is 0 Å². The third-order valence-electron chi connectivity index (χ3n) is 5.96. The Kier molecular flexibility index (Phi) is 7.04. The molecule has 0 saturated carbocycles. The molecule has 3 aromatic carbocycles. The van der Waals surface area contributed by atoms with Crippen LogP contribution in [-0.4, -0.2) is 59.2 Å². The number of rotatable bonds is 8. The SMILES string of the molecule is CN(C)S(=O)(=O)c1ccc2c(c1)CCN2C(=O)CN(c1cccc([N+](=O)[O-])c1)S(=O)(=O)c1ccccc1. The standard InChI is InChI=1S/C24H24N4O7S2/c1-25(2)36(32,33)22-11-12-23-18(15-22)13-14-26(23)24(29)17-27(19-7-6-8-20(16-19)28(30)31)37(34,35)21-9-4-3-5-10-21/h3-12,15-16H,13-14,17H2,1-2H3. The molecule has 0 aliphatic carbocycles. The van der Waals surface area contributed by atoms with Crippen LogP contribution < -0.4 is 9.21 Å². The predicted molar refractivity (Wildman–Crippen MR) is 137 cm³/mol. The fourth-order valence-electron chi connectivity index (χ4n) is 4.01. The van der Waals surface area contributed by atoms with Crippen molar-refractivity contribution in [3.05, 3.63) is 88.5 Å². The van der Waals surface area contributed by atoms with E-state index < -0.39 is 37.4 Å². The van der Waals surface area contributed by atoms with Crippen LogP contribution in [0.2, 0.25) is 0 Å². The van der Waals surface area contributed by atoms with Crippen LogP contribution in [0.1, 0.15) is 5.56 Å². The first kappa shape index (κ1) is 26.3. The van der Waals surface area contributed by atoms with Crippen molar-refractivity contribution >= 4 is 43.0 Å². The molecule has 4 rings (SSSR count). The summed E-state index contributed by atoms with van der Waals surface area (Å²) in [7, 11) is -5.07. The van der Waals surface area contributed by atoms with E-state index in [-0.39, 0.29) is 27.7 Å². The Hall–Kier alpha value is -3.81. The maximum atomic E-state index is 13.5. The molecule has 0 saturated heterocycles. The molecule has 0 spiro atoms. The van der Waals surface area contributed by atoms with Crippen LogP contribution in [-0.2, 0) is 31.3 Å². The lowest BCUT2D eigenvalue weighted by Gasteiger charge is -2.26. The zero-order chi connectivity index (χ0) is 27.0. The Morgan fingerprint density at radius 2 is 1.62 bits per heavy atom. The van der Waals surface area contributed by atoms with Crippen molar-refractivity contribution in [2.75, 3.05) is 36.4 Å². The lowest BCUT2D eigenvalue weighted by molar-refractivity contribution is -0.384. The number of nitrogens with zero attached hydrogens (tertiary/aromatic N) is 4. The summed E-state index contributed by atoms with van der Waals surface area (Å²) in [6, 6.07) is 17.0. The third kappa shape index (κ3) is 5.05. The van der Waals surface area contributed by atoms with Crippen LogP contribution in [0.3, 0.4) is 0 Å². The number of nitro benzene ring substituents is 1. The van der Waals surface area contributed by atoms with Crippen LogP contribution >= 0.6 is 0 Å². The minimum Gasteiger partial charge on any atom is -0.310 e. The molecule has 194 valence electrons. The molecule has 0 fully saturated rings. The molecule has 0 radical (unpaired) electrons. The number of hydrogen-bond acceptors (Lipinski definition) is 7. The van der Waals surface area contributed by atoms with Crippen LogP contribution in [0, 0.1) is 10.1 Å². The first-order chi connectivity index (χ1) is 17.4. The Labute approximate surface area is 214 Å². The molecule has 1 heterocycles. The van der Waals surface area contributed by atoms with E-state index in [0.717, 1.165) is 14.7 Å². The molecule has 3 aromatic rings. The summed E-state index contributed by atoms with van der Waals surface area (Å²) < 4.78 is 54.0. The van der Waals surface area contributed by atoms with Gasteiger partial charge in [-0.25, -0.2) is 21.1 Å². The molecule has 1 aliphatic heterocycles. The van der Waals surface area contributed by atoms with Gasteiger partial charge in [-0.2, -0.15) is 0 Å². The number of fused-ring (bicyclic) bond motifs is 1. The van der Waals surface area contributed by atoms with Gasteiger partial charge in [0.25, 0.3) is 15.7 Å². The van der Waals surface area contributed by atoms with Gasteiger partial charge in [-0.3, -0.25) is 19.2 Å². The van der Waals surface area contributed by atoms with Crippen LogP contribution in [0.25, 0.3) is 0 Å². The van der Waals surface area contributed by atoms with Crippen molar-refractivity contribution in [2.45, 2.75) is 16.2 Å². The number of carbonyl (C=O) groups is 1. The minimum atomic E-state index is -4.26. The van der Waals surface area contributed by atoms with E-state index in [1.165, 1.54) is 79.7 Å². The highest BCUT2D eigenvalue weighted by atomic mass is 32.2. The van der Waals surface area contributed by atoms with E-state index >= 15 is 0 Å². The van der Waals surface area contributed by atoms with Crippen molar-refractivity contribution in [3.63, 3.8) is 0 Å². The van der Waals surface area contributed by atoms with Crippen molar-refractivity contribution in [3.8, 4) is 0 Å². The summed E-state index contributed by atoms with van der Waals surface area (Å²) in [6.07, 6.45) is 0.389. The average molecular weight is 545 g/mol. The first-order valence-corrected chi connectivity index (χ1v) is 14.0. The maximum absolute atomic E-state index is 13.5. The van der Waals surface area contributed by atoms with Gasteiger partial charge in [0.2, 0.25) is 15.9 Å². The van der Waals surface area contributed by atoms with Crippen molar-refractivity contribution in [2.24, 2.45) is 0 Å². The van der Waals surface area contributed by atoms with E-state index in [2.05, 4.69) is 0 Å². The molecular formula is C24H24N4O7S2. The highest BCUT2D eigenvalue weighted by Gasteiger charge is 2.33. The Balaban J connectivity index is 1.70. The summed E-state index contributed by atoms with van der Waals surface area (Å²) in [4.78, 5) is 25.5. The number of carbonyl (C=O) groups excluding carboxylic acids is 1. The Bertz CT molecular complexity index is 1570. The number of hydrogen-bond donors (Lipinski definition) is 0. The molecule has 0 unspecified atom stereocenters. The third-order valence-corrected chi connectivity index (χ3v) is 9.56. The van der Waals surface area contributed by atoms with Crippen molar-refractivity contribution < 1.29 is 26.6 Å². The average Bonchev–Trinajstić information content (AvgIpc) is 3.31. The van der Waals surface area contributed by atoms with Gasteiger partial charge in [-0.15, -0.1) is 0 Å². The number of benzene rings is 3. The van der Waals surface area contributed by atoms with E-state index in [0.29, 0.717) is 17.7 Å². The van der Waals surface area contributed by atoms with E-state index in [1.54, 1.807) is 6.07 Å². The quantitative estimate of drug-likeness (QED) is 0.314. The van der Waals surface area contributed by atoms with Crippen LogP contribution in [0.5, 0.6) is 0 Å². The van der Waals surface area contributed by atoms with Gasteiger partial charge in [0.05, 0.1) is 20.4 Å². The number of sulfonamides is 2. The number of non-ortho nitro benzene ring substituents is 1. The summed E-state index contributed by atoms with van der Waals surface area (Å²) in [5.74, 6) is -0.562. The van der Waals surface area contributed by atoms with Gasteiger partial charge in [0, 0.05) is 38.5 Å². The van der Waals surface area contributed by atoms with Crippen LogP contribution in [0.15, 0.2) is 82.6 Å². The Morgan fingerprint density at radius 3 is 2.27 bits per heavy atom. The molecule has 11 nitrogen and oxygen atoms in total. The number of anilines is 2. The molecule has 0 aromatic heterocycles. The van der Waals surface area contributed by atoms with Gasteiger partial charge in [-0.05, 0) is 48.4 Å². The second-order valence-electron chi connectivity index (χ2n) is 8.48. The van der Waals surface area contributed by atoms with E-state index in [4.69, 9.17) is 0 Å². The summed E-state index contributed by atoms with van der Waals surface area (Å²) >= 11 is 0. The van der Waals surface area contributed by atoms with E-state index in [9.17, 15) is 31.7 Å². The zero-order valence-electron chi connectivity index (χ0n) is 20.0. The Morgan fingerprint density at radius 1 is 0.919 bits per heavy atom. The largest absolute Gasteiger partial charge is 0.310 e. The summed E-state index contributed by atoms with van der Waals surface area (Å²) in [5, 5.41) is 11.3. The highest BCUT2D eigenvalue weighted by molar-refractivity contribution is 7.92. The smallest absolute Gasteiger partial charge is 0.271 e. The monoisotopic (exact) mass is 544 g/mol. The lowest BCUT2D eigenvalue weighted by Crippen LogP contribution is -2.42. The second kappa shape index (κ2) is 9.92. The van der Waals surface area contributed by atoms with Crippen molar-refractivity contribution in [1.82, 2.24) is 4.31 Å². The van der Waals surface area contributed by atoms with Gasteiger partial charge in [0.1, 0.15) is 6.54 Å². The van der Waals surface area contributed by atoms with Gasteiger partial charge in [-0.1, -0.05) is 24.3 Å². The number of amides is 1. The van der Waals surface area contributed by atoms with Gasteiger partial charge >= 0.3 is 0 Å². The van der Waals surface area contributed by atoms with Gasteiger partial charge < -0.3 is 4.90 Å². The van der Waals surface area contributed by atoms with Crippen molar-refractivity contribution in [1.29, 1.82) is 0 Å². The summed E-state index contributed by atoms with van der Waals surface area (Å²) in [6.45, 7) is -0.386. The molecule has 0 atom stereocenters. The minimum absolute atomic E-state index is 0.0294. The lowest BCUT2D eigenvalue weighted by atomic mass is 10.2. The normalized spacial score (nSPS) is 13.4. The maximum Gasteiger partial charge on any atom is 0.271 e. The zero-order valence-corrected chi connectivity index (χ0v) is 21.6. The van der Waals surface area contributed by atoms with Gasteiger partial charge in [0.15, 0.2) is 0 Å². The molecule has 1 amide bonds. The van der Waals surface area contributed by atoms with Crippen LogP contribution in [0.4, 0.5) is 17.1 Å². The predicted octanol–water partition coefficient (Wildman–Crippen LogP) is 2.63. The number of nitro groups is 1. The second-order valence-corrected chi connectivity index (χ2v) is 12.5. The topological polar surface area (TPSA) is 138 Å². The molecule has 37 heavy (non-hydrogen) atoms. The fraction of sp³-hybridized carbons (Fsp3) is 0.208. The highest BCUT2D eigenvalue weighted by Crippen LogP contribution is 2.32. The molecule has 0 bridgehead atoms. The molecule has 0 N–H and O–H groups in total. The first-order valence-electron chi connectivity index (χ1n) is 11.1. The molecule has 1 aliphatic rings. The fourth-order valence-corrected chi connectivity index (χ4v) is 6.39. The summed E-state index contributed by atoms with van der Waals surface area (Å²) in [5.41, 5.74) is 0.778.